The third-order valence-corrected chi connectivity index (χ3v) is 0.487. The second-order valence-corrected chi connectivity index (χ2v) is 1.09. The van der Waals surface area contributed by atoms with Gasteiger partial charge in [0.1, 0.15) is 0 Å². The Labute approximate surface area is 50.6 Å². The summed E-state index contributed by atoms with van der Waals surface area (Å²) in [4.78, 5) is 0. The molecule has 0 atom stereocenters. The van der Waals surface area contributed by atoms with Crippen molar-refractivity contribution in [3.63, 3.8) is 0 Å². The van der Waals surface area contributed by atoms with Gasteiger partial charge in [-0.15, -0.1) is 0 Å². The second-order valence-electron chi connectivity index (χ2n) is 1.09. The van der Waals surface area contributed by atoms with Gasteiger partial charge in [0.25, 0.3) is 0 Å². The first-order valence-corrected chi connectivity index (χ1v) is 1.47. The molecule has 0 aromatic rings. The van der Waals surface area contributed by atoms with E-state index >= 15 is 0 Å². The van der Waals surface area contributed by atoms with Crippen molar-refractivity contribution in [2.75, 3.05) is 0 Å². The Hall–Kier alpha value is -0.0400. The van der Waals surface area contributed by atoms with Crippen LogP contribution in [0.5, 0.6) is 0 Å². The lowest BCUT2D eigenvalue weighted by Crippen LogP contribution is -2.32. The molecule has 1 aliphatic rings. The largest absolute Gasteiger partial charge is 0.390 e. The molecule has 36 valence electrons. The number of rotatable bonds is 0. The predicted molar refractivity (Wildman–Crippen MR) is 24.5 cm³/mol. The molecule has 1 aliphatic carbocycles. The number of hydrogen-bond acceptors (Lipinski definition) is 1. The monoisotopic (exact) mass is 95.1 g/mol. The molecule has 0 spiro atoms. The molecule has 1 N–H and O–H groups in total. The van der Waals surface area contributed by atoms with Gasteiger partial charge < -0.3 is 5.11 Å². The Bertz CT molecular complexity index is 271. The van der Waals surface area contributed by atoms with Gasteiger partial charge in [0.2, 0.25) is 0 Å². The van der Waals surface area contributed by atoms with Gasteiger partial charge in [0.15, 0.2) is 0 Å². The molecule has 0 aromatic heterocycles. The Morgan fingerprint density at radius 3 is 3.00 bits per heavy atom. The van der Waals surface area contributed by atoms with Crippen LogP contribution in [0.4, 0.5) is 0 Å². The van der Waals surface area contributed by atoms with Crippen molar-refractivity contribution in [1.82, 2.24) is 0 Å². The van der Waals surface area contributed by atoms with Crippen molar-refractivity contribution in [2.45, 2.75) is 31.6 Å². The summed E-state index contributed by atoms with van der Waals surface area (Å²) < 4.78 is 63.7. The third-order valence-electron chi connectivity index (χ3n) is 0.487. The van der Waals surface area contributed by atoms with E-state index in [0.29, 0.717) is 0 Å². The molecule has 0 radical (unpaired) electrons. The maximum absolute atomic E-state index is 9.59. The molecule has 1 rings (SSSR count). The van der Waals surface area contributed by atoms with Gasteiger partial charge in [0, 0.05) is 12.3 Å². The maximum Gasteiger partial charge on any atom is 0.0619 e. The highest BCUT2D eigenvalue weighted by molar-refractivity contribution is 4.81. The summed E-state index contributed by atoms with van der Waals surface area (Å²) in [6.07, 6.45) is -9.35. The molecule has 0 aliphatic heterocycles. The van der Waals surface area contributed by atoms with Crippen LogP contribution in [0.15, 0.2) is 0 Å². The summed E-state index contributed by atoms with van der Waals surface area (Å²) in [5, 5.41) is 9.59. The fourth-order valence-electron chi connectivity index (χ4n) is 0.181. The van der Waals surface area contributed by atoms with Gasteiger partial charge in [-0.1, -0.05) is 0 Å². The van der Waals surface area contributed by atoms with E-state index < -0.39 is 31.6 Å². The summed E-state index contributed by atoms with van der Waals surface area (Å²) >= 11 is 0. The van der Waals surface area contributed by atoms with Crippen LogP contribution >= 0.6 is 0 Å². The summed E-state index contributed by atoms with van der Waals surface area (Å²) in [6.45, 7) is -3.33. The predicted octanol–water partition coefficient (Wildman–Crippen LogP) is 0.921. The van der Waals surface area contributed by atoms with Crippen molar-refractivity contribution in [3.05, 3.63) is 0 Å². The van der Waals surface area contributed by atoms with E-state index in [1.807, 2.05) is 0 Å². The Morgan fingerprint density at radius 1 is 2.00 bits per heavy atom. The first-order chi connectivity index (χ1) is 6.25. The van der Waals surface area contributed by atoms with Gasteiger partial charge in [-0.2, -0.15) is 0 Å². The fourth-order valence-corrected chi connectivity index (χ4v) is 0.181. The minimum atomic E-state index is -3.33. The summed E-state index contributed by atoms with van der Waals surface area (Å²) in [5.74, 6) is 0. The molecular formula is C5H10O. The van der Waals surface area contributed by atoms with Crippen molar-refractivity contribution in [2.24, 2.45) is 0 Å². The van der Waals surface area contributed by atoms with Crippen LogP contribution in [-0.4, -0.2) is 10.7 Å². The Morgan fingerprint density at radius 2 is 2.67 bits per heavy atom. The highest BCUT2D eigenvalue weighted by atomic mass is 16.3. The van der Waals surface area contributed by atoms with E-state index in [9.17, 15) is 5.11 Å². The average Bonchev–Trinajstić information content (AvgIpc) is 1.98. The molecule has 1 nitrogen and oxygen atoms in total. The third kappa shape index (κ3) is 0.548. The standard InChI is InChI=1S/C5H10O/c1-5(6)3-2-4-5/h6H,2-4H2,1H3/i1D3,2D2,3D2,4D2. The van der Waals surface area contributed by atoms with Crippen molar-refractivity contribution in [3.8, 4) is 0 Å². The van der Waals surface area contributed by atoms with E-state index in [1.54, 1.807) is 0 Å². The van der Waals surface area contributed by atoms with Crippen LogP contribution in [0.2, 0.25) is 0 Å². The van der Waals surface area contributed by atoms with Gasteiger partial charge in [-0.3, -0.25) is 0 Å². The number of hydrogen-bond donors (Lipinski definition) is 1. The molecular weight excluding hydrogens is 76.1 g/mol. The topological polar surface area (TPSA) is 20.2 Å². The minimum absolute atomic E-state index is 3.04. The lowest BCUT2D eigenvalue weighted by atomic mass is 9.82. The molecule has 0 saturated heterocycles. The fraction of sp³-hybridized carbons (Fsp3) is 1.00. The molecule has 0 amide bonds. The lowest BCUT2D eigenvalue weighted by molar-refractivity contribution is -0.0147. The highest BCUT2D eigenvalue weighted by Crippen LogP contribution is 2.29. The quantitative estimate of drug-likeness (QED) is 0.474. The van der Waals surface area contributed by atoms with Crippen LogP contribution in [-0.2, 0) is 0 Å². The summed E-state index contributed by atoms with van der Waals surface area (Å²) in [5.41, 5.74) is -3.32. The SMILES string of the molecule is [2H]C([2H])([2H])C1(O)C([2H])([2H])C([2H])([2H])C1([2H])[2H]. The van der Waals surface area contributed by atoms with Crippen LogP contribution < -0.4 is 0 Å². The molecule has 0 heterocycles. The zero-order valence-electron chi connectivity index (χ0n) is 11.9. The molecule has 0 unspecified atom stereocenters. The van der Waals surface area contributed by atoms with Crippen LogP contribution in [0.25, 0.3) is 0 Å². The Balaban J connectivity index is 3.36. The van der Waals surface area contributed by atoms with Crippen LogP contribution in [0.1, 0.15) is 38.3 Å². The first-order valence-electron chi connectivity index (χ1n) is 5.97. The second kappa shape index (κ2) is 0.969. The zero-order chi connectivity index (χ0) is 12.5. The smallest absolute Gasteiger partial charge is 0.0619 e. The zero-order valence-corrected chi connectivity index (χ0v) is 2.95. The van der Waals surface area contributed by atoms with Gasteiger partial charge in [-0.25, -0.2) is 0 Å². The van der Waals surface area contributed by atoms with Gasteiger partial charge in [0.05, 0.1) is 5.60 Å². The minimum Gasteiger partial charge on any atom is -0.390 e. The highest BCUT2D eigenvalue weighted by Gasteiger charge is 2.27. The normalized spacial score (nSPS) is 78.5. The summed E-state index contributed by atoms with van der Waals surface area (Å²) in [7, 11) is 0. The van der Waals surface area contributed by atoms with Crippen molar-refractivity contribution >= 4 is 0 Å². The maximum atomic E-state index is 9.59. The molecule has 6 heavy (non-hydrogen) atoms. The lowest BCUT2D eigenvalue weighted by Gasteiger charge is -2.31. The molecule has 1 fully saturated rings. The molecule has 0 bridgehead atoms. The van der Waals surface area contributed by atoms with E-state index in [4.69, 9.17) is 12.3 Å². The average molecular weight is 95.2 g/mol. The number of aliphatic hydroxyl groups is 1. The van der Waals surface area contributed by atoms with E-state index in [2.05, 4.69) is 0 Å². The Kier molecular flexibility index (Phi) is 0.106. The van der Waals surface area contributed by atoms with Crippen molar-refractivity contribution < 1.29 is 17.4 Å². The molecule has 0 aromatic carbocycles. The van der Waals surface area contributed by atoms with E-state index in [0.717, 1.165) is 0 Å². The molecule has 1 heteroatoms. The summed E-state index contributed by atoms with van der Waals surface area (Å²) in [6, 6.07) is 0. The van der Waals surface area contributed by atoms with Gasteiger partial charge >= 0.3 is 0 Å². The van der Waals surface area contributed by atoms with Crippen molar-refractivity contribution in [1.29, 1.82) is 0 Å². The first kappa shape index (κ1) is 0.655. The van der Waals surface area contributed by atoms with Crippen LogP contribution in [0, 0.1) is 0 Å². The van der Waals surface area contributed by atoms with E-state index in [1.165, 1.54) is 0 Å². The van der Waals surface area contributed by atoms with Crippen LogP contribution in [0.3, 0.4) is 0 Å². The van der Waals surface area contributed by atoms with Gasteiger partial charge in [-0.05, 0) is 26.0 Å². The molecule has 1 saturated carbocycles. The van der Waals surface area contributed by atoms with E-state index in [-0.39, 0.29) is 0 Å².